The van der Waals surface area contributed by atoms with Crippen molar-refractivity contribution in [3.8, 4) is 0 Å². The lowest BCUT2D eigenvalue weighted by Crippen LogP contribution is -2.41. The second-order valence-electron chi connectivity index (χ2n) is 5.56. The number of fused-ring (bicyclic) bond motifs is 1. The van der Waals surface area contributed by atoms with Crippen LogP contribution in [0.2, 0.25) is 0 Å². The minimum absolute atomic E-state index is 0.0471. The number of likely N-dealkylation sites (tertiary alicyclic amines) is 1. The summed E-state index contributed by atoms with van der Waals surface area (Å²) in [6, 6.07) is 5.54. The number of amides is 1. The Morgan fingerprint density at radius 3 is 2.87 bits per heavy atom. The number of carbonyl (C=O) groups is 2. The zero-order valence-corrected chi connectivity index (χ0v) is 13.6. The maximum absolute atomic E-state index is 12.2. The van der Waals surface area contributed by atoms with Gasteiger partial charge >= 0.3 is 5.97 Å². The molecule has 122 valence electrons. The fourth-order valence-electron chi connectivity index (χ4n) is 2.79. The van der Waals surface area contributed by atoms with Gasteiger partial charge in [0.1, 0.15) is 11.0 Å². The molecular formula is C15H18N4O3S. The number of esters is 1. The van der Waals surface area contributed by atoms with Gasteiger partial charge in [-0.3, -0.25) is 14.5 Å². The largest absolute Gasteiger partial charge is 0.469 e. The summed E-state index contributed by atoms with van der Waals surface area (Å²) in [7, 11) is 1.41. The van der Waals surface area contributed by atoms with Crippen LogP contribution in [0, 0.1) is 5.92 Å². The van der Waals surface area contributed by atoms with Crippen LogP contribution in [0.1, 0.15) is 12.8 Å². The number of nitrogens with zero attached hydrogens (tertiary/aromatic N) is 3. The van der Waals surface area contributed by atoms with Crippen molar-refractivity contribution < 1.29 is 14.3 Å². The molecule has 0 bridgehead atoms. The van der Waals surface area contributed by atoms with Gasteiger partial charge in [0, 0.05) is 0 Å². The summed E-state index contributed by atoms with van der Waals surface area (Å²) >= 11 is 1.13. The molecule has 0 radical (unpaired) electrons. The number of anilines is 1. The number of nitrogens with one attached hydrogen (secondary N) is 1. The Labute approximate surface area is 137 Å². The predicted molar refractivity (Wildman–Crippen MR) is 87.2 cm³/mol. The van der Waals surface area contributed by atoms with E-state index in [2.05, 4.69) is 14.1 Å². The van der Waals surface area contributed by atoms with E-state index in [1.54, 1.807) is 0 Å². The van der Waals surface area contributed by atoms with Gasteiger partial charge in [-0.05, 0) is 38.1 Å². The third-order valence-electron chi connectivity index (χ3n) is 4.05. The van der Waals surface area contributed by atoms with Crippen molar-refractivity contribution in [2.75, 3.05) is 32.1 Å². The molecule has 0 atom stereocenters. The molecule has 1 fully saturated rings. The molecule has 1 aliphatic heterocycles. The third-order valence-corrected chi connectivity index (χ3v) is 4.59. The maximum Gasteiger partial charge on any atom is 0.308 e. The summed E-state index contributed by atoms with van der Waals surface area (Å²) in [5, 5.41) is 2.90. The molecule has 1 aromatic heterocycles. The van der Waals surface area contributed by atoms with Crippen molar-refractivity contribution in [3.05, 3.63) is 18.2 Å². The van der Waals surface area contributed by atoms with Gasteiger partial charge in [-0.1, -0.05) is 6.07 Å². The summed E-state index contributed by atoms with van der Waals surface area (Å²) < 4.78 is 13.1. The van der Waals surface area contributed by atoms with Gasteiger partial charge in [-0.25, -0.2) is 0 Å². The molecule has 1 saturated heterocycles. The molecule has 8 heteroatoms. The zero-order chi connectivity index (χ0) is 16.2. The minimum Gasteiger partial charge on any atom is -0.469 e. The first kappa shape index (κ1) is 15.8. The number of piperidine rings is 1. The van der Waals surface area contributed by atoms with Crippen LogP contribution in [0.3, 0.4) is 0 Å². The summed E-state index contributed by atoms with van der Waals surface area (Å²) in [5.74, 6) is -0.284. The van der Waals surface area contributed by atoms with Crippen molar-refractivity contribution in [2.45, 2.75) is 12.8 Å². The molecule has 1 aliphatic rings. The van der Waals surface area contributed by atoms with Crippen LogP contribution >= 0.6 is 11.7 Å². The van der Waals surface area contributed by atoms with Crippen LogP contribution in [0.25, 0.3) is 11.0 Å². The van der Waals surface area contributed by atoms with Crippen molar-refractivity contribution in [3.63, 3.8) is 0 Å². The number of methoxy groups -OCH3 is 1. The van der Waals surface area contributed by atoms with Crippen LogP contribution in [0.4, 0.5) is 5.69 Å². The Kier molecular flexibility index (Phi) is 4.82. The first-order valence-electron chi connectivity index (χ1n) is 7.48. The molecule has 0 aliphatic carbocycles. The standard InChI is InChI=1S/C15H18N4O3S/c1-22-15(21)10-5-7-19(8-6-10)9-13(20)16-11-3-2-4-12-14(11)18-23-17-12/h2-4,10H,5-9H2,1H3,(H,16,20). The molecule has 1 aromatic carbocycles. The summed E-state index contributed by atoms with van der Waals surface area (Å²) in [6.45, 7) is 1.74. The highest BCUT2D eigenvalue weighted by molar-refractivity contribution is 7.00. The van der Waals surface area contributed by atoms with Crippen LogP contribution in [-0.4, -0.2) is 52.3 Å². The Balaban J connectivity index is 1.54. The van der Waals surface area contributed by atoms with Gasteiger partial charge in [-0.15, -0.1) is 0 Å². The van der Waals surface area contributed by atoms with E-state index < -0.39 is 0 Å². The number of hydrogen-bond donors (Lipinski definition) is 1. The normalized spacial score (nSPS) is 16.4. The van der Waals surface area contributed by atoms with Crippen LogP contribution in [0.15, 0.2) is 18.2 Å². The molecule has 1 amide bonds. The second-order valence-corrected chi connectivity index (χ2v) is 6.09. The van der Waals surface area contributed by atoms with Crippen molar-refractivity contribution in [1.29, 1.82) is 0 Å². The van der Waals surface area contributed by atoms with Crippen molar-refractivity contribution in [1.82, 2.24) is 13.6 Å². The Hall–Kier alpha value is -2.06. The molecule has 2 aromatic rings. The van der Waals surface area contributed by atoms with E-state index >= 15 is 0 Å². The topological polar surface area (TPSA) is 84.4 Å². The van der Waals surface area contributed by atoms with E-state index in [1.807, 2.05) is 23.1 Å². The lowest BCUT2D eigenvalue weighted by atomic mass is 9.97. The summed E-state index contributed by atoms with van der Waals surface area (Å²) in [6.07, 6.45) is 1.46. The van der Waals surface area contributed by atoms with Gasteiger partial charge < -0.3 is 10.1 Å². The molecule has 23 heavy (non-hydrogen) atoms. The predicted octanol–water partition coefficient (Wildman–Crippen LogP) is 1.51. The molecular weight excluding hydrogens is 316 g/mol. The van der Waals surface area contributed by atoms with Gasteiger partial charge in [0.25, 0.3) is 0 Å². The molecule has 7 nitrogen and oxygen atoms in total. The van der Waals surface area contributed by atoms with E-state index in [1.165, 1.54) is 7.11 Å². The number of carbonyl (C=O) groups excluding carboxylic acids is 2. The number of benzene rings is 1. The van der Waals surface area contributed by atoms with E-state index in [0.717, 1.165) is 48.7 Å². The van der Waals surface area contributed by atoms with E-state index in [0.29, 0.717) is 12.2 Å². The second kappa shape index (κ2) is 7.01. The first-order valence-corrected chi connectivity index (χ1v) is 8.21. The van der Waals surface area contributed by atoms with Crippen LogP contribution in [-0.2, 0) is 14.3 Å². The fourth-order valence-corrected chi connectivity index (χ4v) is 3.34. The Bertz CT molecular complexity index is 710. The lowest BCUT2D eigenvalue weighted by Gasteiger charge is -2.29. The maximum atomic E-state index is 12.2. The first-order chi connectivity index (χ1) is 11.2. The van der Waals surface area contributed by atoms with Crippen LogP contribution < -0.4 is 5.32 Å². The molecule has 0 spiro atoms. The van der Waals surface area contributed by atoms with E-state index in [-0.39, 0.29) is 17.8 Å². The molecule has 0 saturated carbocycles. The van der Waals surface area contributed by atoms with Crippen molar-refractivity contribution >= 4 is 40.3 Å². The number of rotatable bonds is 4. The van der Waals surface area contributed by atoms with Gasteiger partial charge in [0.05, 0.1) is 37.0 Å². The fraction of sp³-hybridized carbons (Fsp3) is 0.467. The highest BCUT2D eigenvalue weighted by Crippen LogP contribution is 2.22. The van der Waals surface area contributed by atoms with Gasteiger partial charge in [-0.2, -0.15) is 8.75 Å². The molecule has 1 N–H and O–H groups in total. The third kappa shape index (κ3) is 3.65. The SMILES string of the molecule is COC(=O)C1CCN(CC(=O)Nc2cccc3nsnc23)CC1. The Morgan fingerprint density at radius 1 is 1.35 bits per heavy atom. The van der Waals surface area contributed by atoms with Gasteiger partial charge in [0.15, 0.2) is 0 Å². The van der Waals surface area contributed by atoms with E-state index in [4.69, 9.17) is 4.74 Å². The number of aromatic nitrogens is 2. The highest BCUT2D eigenvalue weighted by Gasteiger charge is 2.26. The average molecular weight is 334 g/mol. The average Bonchev–Trinajstić information content (AvgIpc) is 3.04. The molecule has 2 heterocycles. The zero-order valence-electron chi connectivity index (χ0n) is 12.8. The van der Waals surface area contributed by atoms with E-state index in [9.17, 15) is 9.59 Å². The molecule has 0 unspecified atom stereocenters. The minimum atomic E-state index is -0.156. The highest BCUT2D eigenvalue weighted by atomic mass is 32.1. The summed E-state index contributed by atoms with van der Waals surface area (Å²) in [5.41, 5.74) is 2.19. The molecule has 3 rings (SSSR count). The van der Waals surface area contributed by atoms with Crippen molar-refractivity contribution in [2.24, 2.45) is 5.92 Å². The number of ether oxygens (including phenoxy) is 1. The lowest BCUT2D eigenvalue weighted by molar-refractivity contribution is -0.147. The van der Waals surface area contributed by atoms with Gasteiger partial charge in [0.2, 0.25) is 5.91 Å². The number of hydrogen-bond acceptors (Lipinski definition) is 7. The quantitative estimate of drug-likeness (QED) is 0.853. The Morgan fingerprint density at radius 2 is 2.13 bits per heavy atom. The summed E-state index contributed by atoms with van der Waals surface area (Å²) in [4.78, 5) is 25.8. The smallest absolute Gasteiger partial charge is 0.308 e. The monoisotopic (exact) mass is 334 g/mol. The van der Waals surface area contributed by atoms with Crippen LogP contribution in [0.5, 0.6) is 0 Å².